The Hall–Kier alpha value is -2.61. The smallest absolute Gasteiger partial charge is 0.414 e. The summed E-state index contributed by atoms with van der Waals surface area (Å²) >= 11 is 5.83. The number of likely N-dealkylation sites (N-methyl/N-ethyl adjacent to an activating group) is 1. The van der Waals surface area contributed by atoms with Crippen molar-refractivity contribution in [2.75, 3.05) is 31.9 Å². The molecule has 1 atom stereocenters. The van der Waals surface area contributed by atoms with Crippen LogP contribution in [0.2, 0.25) is 5.15 Å². The molecule has 2 heterocycles. The van der Waals surface area contributed by atoms with Gasteiger partial charge in [0.15, 0.2) is 11.0 Å². The van der Waals surface area contributed by atoms with Crippen LogP contribution in [-0.2, 0) is 14.6 Å². The number of ether oxygens (including phenoxy) is 2. The number of rotatable bonds is 9. The maximum atomic E-state index is 14.9. The normalized spacial score (nSPS) is 13.1. The minimum Gasteiger partial charge on any atom is -0.480 e. The monoisotopic (exact) mass is 555 g/mol. The molecule has 10 nitrogen and oxygen atoms in total. The highest BCUT2D eigenvalue weighted by Gasteiger charge is 2.35. The molecule has 0 spiro atoms. The van der Waals surface area contributed by atoms with Gasteiger partial charge in [-0.05, 0) is 27.2 Å². The first kappa shape index (κ1) is 29.6. The Kier molecular flexibility index (Phi) is 9.21. The highest BCUT2D eigenvalue weighted by atomic mass is 35.5. The second-order valence-corrected chi connectivity index (χ2v) is 11.3. The van der Waals surface area contributed by atoms with Crippen LogP contribution in [-0.4, -0.2) is 79.5 Å². The van der Waals surface area contributed by atoms with Crippen molar-refractivity contribution >= 4 is 44.3 Å². The van der Waals surface area contributed by atoms with Gasteiger partial charge in [0.2, 0.25) is 20.9 Å². The van der Waals surface area contributed by atoms with Crippen molar-refractivity contribution in [2.24, 2.45) is 0 Å². The number of methoxy groups -OCH3 is 1. The Bertz CT molecular complexity index is 1230. The molecule has 15 heteroatoms. The summed E-state index contributed by atoms with van der Waals surface area (Å²) in [6, 6.07) is -1.09. The number of hydrogen-bond donors (Lipinski definition) is 0. The van der Waals surface area contributed by atoms with Crippen LogP contribution in [0.1, 0.15) is 40.5 Å². The lowest BCUT2D eigenvalue weighted by Crippen LogP contribution is -2.50. The molecule has 0 aliphatic carbocycles. The Morgan fingerprint density at radius 1 is 1.19 bits per heavy atom. The van der Waals surface area contributed by atoms with Gasteiger partial charge >= 0.3 is 12.6 Å². The zero-order valence-electron chi connectivity index (χ0n) is 21.0. The predicted molar refractivity (Wildman–Crippen MR) is 128 cm³/mol. The van der Waals surface area contributed by atoms with E-state index in [1.54, 1.807) is 27.7 Å². The summed E-state index contributed by atoms with van der Waals surface area (Å²) in [6.45, 7) is 2.96. The fourth-order valence-corrected chi connectivity index (χ4v) is 4.10. The molecule has 202 valence electrons. The quantitative estimate of drug-likeness (QED) is 0.254. The maximum absolute atomic E-state index is 14.9. The van der Waals surface area contributed by atoms with Crippen molar-refractivity contribution in [2.45, 2.75) is 63.9 Å². The van der Waals surface area contributed by atoms with Crippen LogP contribution in [0.3, 0.4) is 0 Å². The second kappa shape index (κ2) is 11.2. The Labute approximate surface area is 212 Å². The predicted octanol–water partition coefficient (Wildman–Crippen LogP) is 4.29. The summed E-state index contributed by atoms with van der Waals surface area (Å²) in [4.78, 5) is 25.9. The molecule has 2 aromatic rings. The molecule has 0 fully saturated rings. The third-order valence-corrected chi connectivity index (χ3v) is 5.97. The van der Waals surface area contributed by atoms with Gasteiger partial charge in [-0.3, -0.25) is 0 Å². The SMILES string of the molecule is CCC[C@H](CN(C)c1nc(S(C)(=O)=O)nc2c(F)c(Cl)nc(OC)c12)N(C(=O)OC(C)(C)C)C(F)F. The van der Waals surface area contributed by atoms with Crippen molar-refractivity contribution in [1.82, 2.24) is 19.9 Å². The van der Waals surface area contributed by atoms with E-state index in [0.29, 0.717) is 11.3 Å². The van der Waals surface area contributed by atoms with Gasteiger partial charge < -0.3 is 14.4 Å². The average molecular weight is 556 g/mol. The van der Waals surface area contributed by atoms with Gasteiger partial charge in [0.05, 0.1) is 13.2 Å². The number of anilines is 1. The van der Waals surface area contributed by atoms with E-state index in [1.807, 2.05) is 0 Å². The minimum absolute atomic E-state index is 0.120. The van der Waals surface area contributed by atoms with Crippen molar-refractivity contribution in [1.29, 1.82) is 0 Å². The summed E-state index contributed by atoms with van der Waals surface area (Å²) in [5.74, 6) is -1.48. The number of hydrogen-bond acceptors (Lipinski definition) is 9. The van der Waals surface area contributed by atoms with Gasteiger partial charge in [-0.1, -0.05) is 24.9 Å². The maximum Gasteiger partial charge on any atom is 0.414 e. The summed E-state index contributed by atoms with van der Waals surface area (Å²) in [7, 11) is -1.38. The lowest BCUT2D eigenvalue weighted by atomic mass is 10.1. The number of fused-ring (bicyclic) bond motifs is 1. The summed E-state index contributed by atoms with van der Waals surface area (Å²) in [6.07, 6.45) is 0.187. The van der Waals surface area contributed by atoms with Gasteiger partial charge in [0.25, 0.3) is 0 Å². The number of nitrogens with zero attached hydrogens (tertiary/aromatic N) is 5. The fourth-order valence-electron chi connectivity index (χ4n) is 3.42. The molecule has 0 aromatic carbocycles. The number of carbonyl (C=O) groups is 1. The van der Waals surface area contributed by atoms with E-state index >= 15 is 0 Å². The first-order valence-electron chi connectivity index (χ1n) is 10.8. The third kappa shape index (κ3) is 6.78. The highest BCUT2D eigenvalue weighted by molar-refractivity contribution is 7.90. The van der Waals surface area contributed by atoms with Crippen LogP contribution >= 0.6 is 11.6 Å². The lowest BCUT2D eigenvalue weighted by molar-refractivity contribution is -0.0653. The van der Waals surface area contributed by atoms with Gasteiger partial charge in [-0.2, -0.15) is 13.8 Å². The Balaban J connectivity index is 2.69. The largest absolute Gasteiger partial charge is 0.480 e. The molecule has 0 unspecified atom stereocenters. The van der Waals surface area contributed by atoms with Crippen LogP contribution < -0.4 is 9.64 Å². The van der Waals surface area contributed by atoms with Gasteiger partial charge in [0.1, 0.15) is 22.3 Å². The number of pyridine rings is 1. The number of sulfone groups is 1. The van der Waals surface area contributed by atoms with Crippen LogP contribution in [0.5, 0.6) is 5.88 Å². The molecule has 2 aromatic heterocycles. The van der Waals surface area contributed by atoms with E-state index in [1.165, 1.54) is 19.1 Å². The van der Waals surface area contributed by atoms with Crippen LogP contribution in [0.25, 0.3) is 10.9 Å². The van der Waals surface area contributed by atoms with Gasteiger partial charge in [0, 0.05) is 19.8 Å². The molecule has 0 aliphatic heterocycles. The van der Waals surface area contributed by atoms with E-state index in [-0.39, 0.29) is 30.0 Å². The van der Waals surface area contributed by atoms with E-state index in [2.05, 4.69) is 15.0 Å². The Morgan fingerprint density at radius 3 is 2.28 bits per heavy atom. The van der Waals surface area contributed by atoms with Crippen molar-refractivity contribution in [3.8, 4) is 5.88 Å². The highest BCUT2D eigenvalue weighted by Crippen LogP contribution is 2.36. The molecule has 0 saturated heterocycles. The minimum atomic E-state index is -4.03. The third-order valence-electron chi connectivity index (χ3n) is 4.87. The molecule has 1 amide bonds. The van der Waals surface area contributed by atoms with Crippen molar-refractivity contribution < 1.29 is 35.9 Å². The van der Waals surface area contributed by atoms with E-state index in [0.717, 1.165) is 6.26 Å². The molecular formula is C21H29ClF3N5O5S. The first-order valence-corrected chi connectivity index (χ1v) is 13.1. The molecule has 0 bridgehead atoms. The summed E-state index contributed by atoms with van der Waals surface area (Å²) in [5, 5.41) is -1.45. The number of amides is 1. The topological polar surface area (TPSA) is 115 Å². The van der Waals surface area contributed by atoms with Crippen molar-refractivity contribution in [3.63, 3.8) is 0 Å². The second-order valence-electron chi connectivity index (χ2n) is 9.04. The standard InChI is InChI=1S/C21H29ClF3N5O5S/c1-8-9-11(30(18(24)25)20(31)35-21(2,3)4)10-29(5)16-12-14(26-19(28-16)36(7,32)33)13(23)15(22)27-17(12)34-6/h11,18H,8-10H2,1-7H3/t11-/m1/s1. The molecule has 0 N–H and O–H groups in total. The Morgan fingerprint density at radius 2 is 1.81 bits per heavy atom. The first-order chi connectivity index (χ1) is 16.5. The zero-order valence-corrected chi connectivity index (χ0v) is 22.5. The molecular weight excluding hydrogens is 527 g/mol. The molecule has 36 heavy (non-hydrogen) atoms. The van der Waals surface area contributed by atoms with Gasteiger partial charge in [-0.15, -0.1) is 0 Å². The summed E-state index contributed by atoms with van der Waals surface area (Å²) < 4.78 is 77.8. The van der Waals surface area contributed by atoms with E-state index in [9.17, 15) is 26.4 Å². The van der Waals surface area contributed by atoms with Crippen LogP contribution in [0.4, 0.5) is 23.8 Å². The number of alkyl halides is 2. The van der Waals surface area contributed by atoms with E-state index in [4.69, 9.17) is 21.1 Å². The fraction of sp³-hybridized carbons (Fsp3) is 0.619. The van der Waals surface area contributed by atoms with E-state index < -0.39 is 55.8 Å². The molecule has 0 aliphatic rings. The van der Waals surface area contributed by atoms with Crippen LogP contribution in [0.15, 0.2) is 5.16 Å². The average Bonchev–Trinajstić information content (AvgIpc) is 2.73. The van der Waals surface area contributed by atoms with Crippen molar-refractivity contribution in [3.05, 3.63) is 11.0 Å². The number of carbonyl (C=O) groups excluding carboxylic acids is 1. The zero-order chi connectivity index (χ0) is 27.6. The number of halogens is 4. The van der Waals surface area contributed by atoms with Crippen LogP contribution in [0, 0.1) is 5.82 Å². The molecule has 0 saturated carbocycles. The summed E-state index contributed by atoms with van der Waals surface area (Å²) in [5.41, 5.74) is -1.50. The molecule has 2 rings (SSSR count). The lowest BCUT2D eigenvalue weighted by Gasteiger charge is -2.35. The molecule has 0 radical (unpaired) electrons. The number of aromatic nitrogens is 3. The van der Waals surface area contributed by atoms with Gasteiger partial charge in [-0.25, -0.2) is 32.5 Å².